The molecule has 8 nitrogen and oxygen atoms in total. The van der Waals surface area contributed by atoms with Crippen LogP contribution in [0, 0.1) is 23.9 Å². The molecule has 9 heteroatoms. The molecular formula is C26H31FN2O6. The monoisotopic (exact) mass is 486 g/mol. The van der Waals surface area contributed by atoms with Crippen LogP contribution in [0.1, 0.15) is 35.2 Å². The van der Waals surface area contributed by atoms with Crippen molar-refractivity contribution in [1.82, 2.24) is 9.80 Å². The van der Waals surface area contributed by atoms with Crippen LogP contribution in [0.4, 0.5) is 4.39 Å². The molecule has 3 N–H and O–H groups in total. The first-order chi connectivity index (χ1) is 17.0. The maximum Gasteiger partial charge on any atom is 0.204 e. The third-order valence-electron chi connectivity index (χ3n) is 6.51. The van der Waals surface area contributed by atoms with Crippen LogP contribution in [0.2, 0.25) is 0 Å². The van der Waals surface area contributed by atoms with Gasteiger partial charge in [-0.05, 0) is 62.2 Å². The molecule has 35 heavy (non-hydrogen) atoms. The fourth-order valence-electron chi connectivity index (χ4n) is 4.71. The van der Waals surface area contributed by atoms with E-state index in [9.17, 15) is 14.3 Å². The third-order valence-corrected chi connectivity index (χ3v) is 6.51. The predicted octanol–water partition coefficient (Wildman–Crippen LogP) is 3.24. The van der Waals surface area contributed by atoms with E-state index in [0.29, 0.717) is 5.56 Å². The second-order valence-electron chi connectivity index (χ2n) is 8.71. The summed E-state index contributed by atoms with van der Waals surface area (Å²) in [6.45, 7) is 4.30. The van der Waals surface area contributed by atoms with Crippen LogP contribution >= 0.6 is 0 Å². The Kier molecular flexibility index (Phi) is 10.5. The largest absolute Gasteiger partial charge is 0.391 e. The molecule has 188 valence electrons. The number of ketones is 1. The van der Waals surface area contributed by atoms with Crippen LogP contribution in [-0.2, 0) is 16.3 Å². The molecule has 2 saturated heterocycles. The zero-order valence-corrected chi connectivity index (χ0v) is 19.4. The fraction of sp³-hybridized carbons (Fsp3) is 0.423. The Morgan fingerprint density at radius 1 is 0.943 bits per heavy atom. The number of aliphatic hydroxyl groups excluding tert-OH is 1. The van der Waals surface area contributed by atoms with Crippen molar-refractivity contribution < 1.29 is 34.6 Å². The number of benzene rings is 2. The summed E-state index contributed by atoms with van der Waals surface area (Å²) >= 11 is 0. The fourth-order valence-corrected chi connectivity index (χ4v) is 4.71. The van der Waals surface area contributed by atoms with Crippen molar-refractivity contribution in [2.24, 2.45) is 5.92 Å². The van der Waals surface area contributed by atoms with Crippen molar-refractivity contribution >= 4 is 5.78 Å². The molecule has 0 radical (unpaired) electrons. The lowest BCUT2D eigenvalue weighted by Gasteiger charge is -2.44. The van der Waals surface area contributed by atoms with E-state index in [1.54, 1.807) is 12.1 Å². The van der Waals surface area contributed by atoms with Gasteiger partial charge in [-0.3, -0.25) is 24.4 Å². The molecule has 2 aromatic rings. The highest BCUT2D eigenvalue weighted by molar-refractivity contribution is 5.97. The first kappa shape index (κ1) is 26.6. The molecule has 2 aromatic carbocycles. The van der Waals surface area contributed by atoms with Crippen molar-refractivity contribution in [1.29, 1.82) is 0 Å². The van der Waals surface area contributed by atoms with Gasteiger partial charge < -0.3 is 5.11 Å². The van der Waals surface area contributed by atoms with Crippen molar-refractivity contribution in [3.05, 3.63) is 71.5 Å². The molecule has 2 aliphatic rings. The Morgan fingerprint density at radius 2 is 1.57 bits per heavy atom. The average molecular weight is 487 g/mol. The van der Waals surface area contributed by atoms with Crippen molar-refractivity contribution in [2.75, 3.05) is 26.2 Å². The van der Waals surface area contributed by atoms with Gasteiger partial charge in [0.2, 0.25) is 12.2 Å². The molecule has 4 rings (SSSR count). The van der Waals surface area contributed by atoms with Gasteiger partial charge in [-0.15, -0.1) is 0 Å². The number of aliphatic hydroxyl groups is 1. The van der Waals surface area contributed by atoms with Gasteiger partial charge in [-0.1, -0.05) is 30.3 Å². The first-order valence-electron chi connectivity index (χ1n) is 11.6. The minimum absolute atomic E-state index is 0.0159. The summed E-state index contributed by atoms with van der Waals surface area (Å²) in [6.07, 6.45) is 5.11. The quantitative estimate of drug-likeness (QED) is 0.256. The maximum atomic E-state index is 13.1. The highest BCUT2D eigenvalue weighted by Crippen LogP contribution is 2.26. The minimum atomic E-state index is -0.317. The van der Waals surface area contributed by atoms with E-state index in [0.717, 1.165) is 52.0 Å². The van der Waals surface area contributed by atoms with E-state index in [-0.39, 0.29) is 29.7 Å². The van der Waals surface area contributed by atoms with Crippen molar-refractivity contribution in [2.45, 2.75) is 38.0 Å². The number of carbonyl (C=O) groups is 1. The number of halogens is 1. The smallest absolute Gasteiger partial charge is 0.204 e. The molecule has 0 bridgehead atoms. The third kappa shape index (κ3) is 8.02. The van der Waals surface area contributed by atoms with E-state index in [1.807, 2.05) is 6.07 Å². The molecule has 2 fully saturated rings. The van der Waals surface area contributed by atoms with Gasteiger partial charge in [0.05, 0.1) is 6.10 Å². The number of piperidine rings is 2. The molecule has 2 atom stereocenters. The Labute approximate surface area is 204 Å². The number of rotatable bonds is 5. The lowest BCUT2D eigenvalue weighted by Crippen LogP contribution is -2.56. The summed E-state index contributed by atoms with van der Waals surface area (Å²) in [5.41, 5.74) is 1.89. The Hall–Kier alpha value is -3.00. The van der Waals surface area contributed by atoms with Crippen LogP contribution in [0.15, 0.2) is 54.6 Å². The number of hydrogen-bond acceptors (Lipinski definition) is 8. The number of likely N-dealkylation sites (tertiary alicyclic amines) is 2. The molecule has 2 aliphatic heterocycles. The predicted molar refractivity (Wildman–Crippen MR) is 126 cm³/mol. The standard InChI is InChI=1S/C24H29FN2O2.C2H2O4/c25-21-8-6-19(7-9-21)24(29)20-10-14-27(15-11-20)22-17-26(13-12-23(22)28)16-18-4-2-1-3-5-18;3-5-1-2-6-4/h1-9,20,22-23,28H,10-17H2;3-4H. The van der Waals surface area contributed by atoms with Gasteiger partial charge in [0, 0.05) is 37.2 Å². The molecular weight excluding hydrogens is 455 g/mol. The van der Waals surface area contributed by atoms with Crippen LogP contribution in [0.5, 0.6) is 0 Å². The van der Waals surface area contributed by atoms with Gasteiger partial charge >= 0.3 is 0 Å². The zero-order valence-electron chi connectivity index (χ0n) is 19.4. The van der Waals surface area contributed by atoms with Gasteiger partial charge in [0.25, 0.3) is 0 Å². The average Bonchev–Trinajstić information content (AvgIpc) is 2.90. The van der Waals surface area contributed by atoms with E-state index in [4.69, 9.17) is 10.5 Å². The summed E-state index contributed by atoms with van der Waals surface area (Å²) in [5.74, 6) is -0.222. The molecule has 2 heterocycles. The highest BCUT2D eigenvalue weighted by Gasteiger charge is 2.35. The number of nitrogens with zero attached hydrogens (tertiary/aromatic N) is 2. The normalized spacial score (nSPS) is 21.1. The molecule has 0 saturated carbocycles. The van der Waals surface area contributed by atoms with Gasteiger partial charge in [0.1, 0.15) is 5.82 Å². The van der Waals surface area contributed by atoms with Crippen LogP contribution < -0.4 is 0 Å². The molecule has 2 unspecified atom stereocenters. The Morgan fingerprint density at radius 3 is 2.17 bits per heavy atom. The van der Waals surface area contributed by atoms with Crippen LogP contribution in [0.3, 0.4) is 0 Å². The summed E-state index contributed by atoms with van der Waals surface area (Å²) < 4.78 is 13.1. The summed E-state index contributed by atoms with van der Waals surface area (Å²) in [6, 6.07) is 16.4. The van der Waals surface area contributed by atoms with E-state index < -0.39 is 0 Å². The zero-order chi connectivity index (χ0) is 25.0. The Bertz CT molecular complexity index is 963. The van der Waals surface area contributed by atoms with Crippen molar-refractivity contribution in [3.8, 4) is 12.2 Å². The van der Waals surface area contributed by atoms with Crippen LogP contribution in [-0.4, -0.2) is 69.5 Å². The summed E-state index contributed by atoms with van der Waals surface area (Å²) in [4.78, 5) is 23.8. The van der Waals surface area contributed by atoms with Gasteiger partial charge in [0.15, 0.2) is 5.78 Å². The summed E-state index contributed by atoms with van der Waals surface area (Å²) in [7, 11) is 0. The van der Waals surface area contributed by atoms with Crippen molar-refractivity contribution in [3.63, 3.8) is 0 Å². The second kappa shape index (κ2) is 13.8. The SMILES string of the molecule is O=C(c1ccc(F)cc1)C1CCN(C2CN(Cc3ccccc3)CCC2O)CC1.OOC#COO. The molecule has 0 aliphatic carbocycles. The topological polar surface area (TPSA) is 103 Å². The van der Waals surface area contributed by atoms with E-state index in [2.05, 4.69) is 43.8 Å². The summed E-state index contributed by atoms with van der Waals surface area (Å²) in [5, 5.41) is 25.3. The van der Waals surface area contributed by atoms with Crippen LogP contribution in [0.25, 0.3) is 0 Å². The lowest BCUT2D eigenvalue weighted by atomic mass is 9.87. The first-order valence-corrected chi connectivity index (χ1v) is 11.6. The number of Topliss-reactive ketones (excluding diaryl/α,β-unsaturated/α-hetero) is 1. The lowest BCUT2D eigenvalue weighted by molar-refractivity contribution is -0.188. The van der Waals surface area contributed by atoms with Gasteiger partial charge in [-0.25, -0.2) is 4.39 Å². The number of hydrogen-bond donors (Lipinski definition) is 3. The van der Waals surface area contributed by atoms with E-state index in [1.165, 1.54) is 29.9 Å². The minimum Gasteiger partial charge on any atom is -0.391 e. The molecule has 0 aromatic heterocycles. The Balaban J connectivity index is 0.000000509. The number of carbonyl (C=O) groups excluding carboxylic acids is 1. The van der Waals surface area contributed by atoms with E-state index >= 15 is 0 Å². The highest BCUT2D eigenvalue weighted by atomic mass is 19.1. The maximum absolute atomic E-state index is 13.1. The van der Waals surface area contributed by atoms with Gasteiger partial charge in [-0.2, -0.15) is 10.5 Å². The second-order valence-corrected chi connectivity index (χ2v) is 8.71. The molecule has 0 spiro atoms. The molecule has 0 amide bonds.